The summed E-state index contributed by atoms with van der Waals surface area (Å²) in [6.07, 6.45) is 1.35. The van der Waals surface area contributed by atoms with Crippen LogP contribution in [0.1, 0.15) is 22.3 Å². The maximum atomic E-state index is 12.6. The van der Waals surface area contributed by atoms with Gasteiger partial charge in [0.15, 0.2) is 0 Å². The van der Waals surface area contributed by atoms with E-state index in [0.29, 0.717) is 16.1 Å². The maximum absolute atomic E-state index is 12.6. The molecule has 0 radical (unpaired) electrons. The molecule has 3 aromatic carbocycles. The van der Waals surface area contributed by atoms with Crippen LogP contribution in [0.25, 0.3) is 6.08 Å². The number of nitrogens with one attached hydrogen (secondary N) is 1. The van der Waals surface area contributed by atoms with Gasteiger partial charge in [-0.1, -0.05) is 41.6 Å². The quantitative estimate of drug-likeness (QED) is 0.211. The maximum Gasteiger partial charge on any atom is 0.283 e. The highest BCUT2D eigenvalue weighted by molar-refractivity contribution is 7.99. The second kappa shape index (κ2) is 9.94. The largest absolute Gasteiger partial charge is 0.321 e. The summed E-state index contributed by atoms with van der Waals surface area (Å²) in [5.74, 6) is -0.573. The minimum atomic E-state index is -0.573. The van der Waals surface area contributed by atoms with Gasteiger partial charge in [-0.3, -0.25) is 14.9 Å². The number of carbonyl (C=O) groups is 1. The number of nitro groups is 1. The molecule has 3 rings (SSSR count). The van der Waals surface area contributed by atoms with E-state index in [4.69, 9.17) is 0 Å². The molecular formula is C25H21N3O3S. The minimum absolute atomic E-state index is 0.0869. The van der Waals surface area contributed by atoms with Gasteiger partial charge in [0.05, 0.1) is 9.82 Å². The minimum Gasteiger partial charge on any atom is -0.321 e. The van der Waals surface area contributed by atoms with Gasteiger partial charge in [-0.05, 0) is 73.9 Å². The number of rotatable bonds is 6. The van der Waals surface area contributed by atoms with Crippen molar-refractivity contribution < 1.29 is 9.72 Å². The van der Waals surface area contributed by atoms with Gasteiger partial charge in [0.25, 0.3) is 11.6 Å². The standard InChI is InChI=1S/C25H21N3O3S/c1-16-4-9-22(10-5-16)32-24-11-7-19(14-23(24)28(30)31)13-20(15-26)25(29)27-21-8-6-17(2)18(3)12-21/h4-14H,1-3H3,(H,27,29)/b20-13+. The average molecular weight is 444 g/mol. The molecule has 0 aliphatic heterocycles. The lowest BCUT2D eigenvalue weighted by Gasteiger charge is -2.07. The predicted molar refractivity (Wildman–Crippen MR) is 127 cm³/mol. The van der Waals surface area contributed by atoms with Gasteiger partial charge in [-0.2, -0.15) is 5.26 Å². The van der Waals surface area contributed by atoms with E-state index in [0.717, 1.165) is 21.6 Å². The number of amides is 1. The van der Waals surface area contributed by atoms with Crippen molar-refractivity contribution >= 4 is 35.1 Å². The molecule has 1 amide bonds. The smallest absolute Gasteiger partial charge is 0.283 e. The van der Waals surface area contributed by atoms with Crippen LogP contribution < -0.4 is 5.32 Å². The van der Waals surface area contributed by atoms with Crippen LogP contribution in [0, 0.1) is 42.2 Å². The van der Waals surface area contributed by atoms with Crippen LogP contribution >= 0.6 is 11.8 Å². The van der Waals surface area contributed by atoms with Crippen molar-refractivity contribution in [1.29, 1.82) is 5.26 Å². The summed E-state index contributed by atoms with van der Waals surface area (Å²) in [5, 5.41) is 23.8. The molecule has 0 aliphatic carbocycles. The van der Waals surface area contributed by atoms with Crippen LogP contribution in [-0.4, -0.2) is 10.8 Å². The molecule has 6 nitrogen and oxygen atoms in total. The average Bonchev–Trinajstić information content (AvgIpc) is 2.76. The van der Waals surface area contributed by atoms with Crippen LogP contribution in [0.15, 0.2) is 76.0 Å². The summed E-state index contributed by atoms with van der Waals surface area (Å²) in [7, 11) is 0. The molecule has 0 fully saturated rings. The summed E-state index contributed by atoms with van der Waals surface area (Å²) in [6.45, 7) is 5.87. The van der Waals surface area contributed by atoms with E-state index in [2.05, 4.69) is 5.32 Å². The zero-order chi connectivity index (χ0) is 23.3. The number of benzene rings is 3. The fourth-order valence-corrected chi connectivity index (χ4v) is 3.82. The first kappa shape index (κ1) is 22.8. The lowest BCUT2D eigenvalue weighted by molar-refractivity contribution is -0.387. The zero-order valence-electron chi connectivity index (χ0n) is 17.9. The number of hydrogen-bond donors (Lipinski definition) is 1. The molecule has 0 saturated carbocycles. The number of anilines is 1. The van der Waals surface area contributed by atoms with E-state index in [9.17, 15) is 20.2 Å². The molecule has 0 unspecified atom stereocenters. The summed E-state index contributed by atoms with van der Waals surface area (Å²) >= 11 is 1.29. The first-order valence-electron chi connectivity index (χ1n) is 9.80. The number of nitriles is 1. The Morgan fingerprint density at radius 1 is 1.03 bits per heavy atom. The molecule has 0 saturated heterocycles. The Hall–Kier alpha value is -3.89. The van der Waals surface area contributed by atoms with Crippen LogP contribution in [-0.2, 0) is 4.79 Å². The molecule has 0 spiro atoms. The first-order valence-corrected chi connectivity index (χ1v) is 10.6. The van der Waals surface area contributed by atoms with Gasteiger partial charge in [0, 0.05) is 16.6 Å². The number of nitrogens with zero attached hydrogens (tertiary/aromatic N) is 2. The Bertz CT molecular complexity index is 1260. The topological polar surface area (TPSA) is 96.0 Å². The van der Waals surface area contributed by atoms with E-state index in [1.807, 2.05) is 63.2 Å². The number of hydrogen-bond acceptors (Lipinski definition) is 5. The van der Waals surface area contributed by atoms with E-state index < -0.39 is 10.8 Å². The molecular weight excluding hydrogens is 422 g/mol. The highest BCUT2D eigenvalue weighted by Crippen LogP contribution is 2.35. The normalized spacial score (nSPS) is 11.0. The molecule has 0 heterocycles. The van der Waals surface area contributed by atoms with E-state index >= 15 is 0 Å². The van der Waals surface area contributed by atoms with Gasteiger partial charge in [-0.25, -0.2) is 0 Å². The molecule has 32 heavy (non-hydrogen) atoms. The molecule has 0 aromatic heterocycles. The highest BCUT2D eigenvalue weighted by Gasteiger charge is 2.17. The number of nitro benzene ring substituents is 1. The molecule has 1 N–H and O–H groups in total. The van der Waals surface area contributed by atoms with Crippen molar-refractivity contribution in [2.45, 2.75) is 30.6 Å². The van der Waals surface area contributed by atoms with Crippen molar-refractivity contribution in [2.75, 3.05) is 5.32 Å². The predicted octanol–water partition coefficient (Wildman–Crippen LogP) is 6.22. The fraction of sp³-hybridized carbons (Fsp3) is 0.120. The highest BCUT2D eigenvalue weighted by atomic mass is 32.2. The van der Waals surface area contributed by atoms with Gasteiger partial charge in [0.1, 0.15) is 11.6 Å². The Kier molecular flexibility index (Phi) is 7.08. The molecule has 0 bridgehead atoms. The second-order valence-electron chi connectivity index (χ2n) is 7.32. The summed E-state index contributed by atoms with van der Waals surface area (Å²) in [6, 6.07) is 19.7. The van der Waals surface area contributed by atoms with Crippen molar-refractivity contribution in [1.82, 2.24) is 0 Å². The van der Waals surface area contributed by atoms with E-state index in [1.54, 1.807) is 18.2 Å². The van der Waals surface area contributed by atoms with Crippen LogP contribution in [0.5, 0.6) is 0 Å². The lowest BCUT2D eigenvalue weighted by atomic mass is 10.1. The van der Waals surface area contributed by atoms with Crippen LogP contribution in [0.3, 0.4) is 0 Å². The molecule has 160 valence electrons. The monoisotopic (exact) mass is 443 g/mol. The fourth-order valence-electron chi connectivity index (χ4n) is 2.92. The van der Waals surface area contributed by atoms with Crippen LogP contribution in [0.4, 0.5) is 11.4 Å². The van der Waals surface area contributed by atoms with E-state index in [1.165, 1.54) is 23.9 Å². The number of carbonyl (C=O) groups excluding carboxylic acids is 1. The Morgan fingerprint density at radius 2 is 1.75 bits per heavy atom. The zero-order valence-corrected chi connectivity index (χ0v) is 18.7. The van der Waals surface area contributed by atoms with E-state index in [-0.39, 0.29) is 11.3 Å². The van der Waals surface area contributed by atoms with Gasteiger partial charge in [-0.15, -0.1) is 0 Å². The second-order valence-corrected chi connectivity index (χ2v) is 8.44. The third-order valence-corrected chi connectivity index (χ3v) is 5.94. The number of aryl methyl sites for hydroxylation is 3. The summed E-state index contributed by atoms with van der Waals surface area (Å²) < 4.78 is 0. The Labute approximate surface area is 190 Å². The van der Waals surface area contributed by atoms with Gasteiger partial charge in [0.2, 0.25) is 0 Å². The first-order chi connectivity index (χ1) is 15.3. The van der Waals surface area contributed by atoms with Crippen molar-refractivity contribution in [3.63, 3.8) is 0 Å². The van der Waals surface area contributed by atoms with Crippen LogP contribution in [0.2, 0.25) is 0 Å². The third-order valence-electron chi connectivity index (χ3n) is 4.87. The summed E-state index contributed by atoms with van der Waals surface area (Å²) in [5.41, 5.74) is 3.96. The molecule has 0 aliphatic rings. The molecule has 0 atom stereocenters. The van der Waals surface area contributed by atoms with Crippen molar-refractivity contribution in [2.24, 2.45) is 0 Å². The Morgan fingerprint density at radius 3 is 2.38 bits per heavy atom. The molecule has 3 aromatic rings. The van der Waals surface area contributed by atoms with Crippen molar-refractivity contribution in [3.8, 4) is 6.07 Å². The molecule has 7 heteroatoms. The van der Waals surface area contributed by atoms with Gasteiger partial charge < -0.3 is 5.32 Å². The SMILES string of the molecule is Cc1ccc(Sc2ccc(/C=C(\C#N)C(=O)Nc3ccc(C)c(C)c3)cc2[N+](=O)[O-])cc1. The van der Waals surface area contributed by atoms with Gasteiger partial charge >= 0.3 is 0 Å². The third kappa shape index (κ3) is 5.62. The Balaban J connectivity index is 1.86. The lowest BCUT2D eigenvalue weighted by Crippen LogP contribution is -2.13. The van der Waals surface area contributed by atoms with Crippen molar-refractivity contribution in [3.05, 3.63) is 98.6 Å². The summed E-state index contributed by atoms with van der Waals surface area (Å²) in [4.78, 5) is 25.1.